The maximum atomic E-state index is 10.8. The van der Waals surface area contributed by atoms with Crippen LogP contribution < -0.4 is 5.32 Å². The number of rotatable bonds is 4. The quantitative estimate of drug-likeness (QED) is 0.609. The predicted octanol–water partition coefficient (Wildman–Crippen LogP) is 1.48. The van der Waals surface area contributed by atoms with Crippen LogP contribution in [0.25, 0.3) is 0 Å². The zero-order valence-corrected chi connectivity index (χ0v) is 6.97. The molecule has 1 aliphatic carbocycles. The number of amides is 1. The molecule has 0 aromatic carbocycles. The van der Waals surface area contributed by atoms with Gasteiger partial charge in [-0.15, -0.1) is 0 Å². The zero-order chi connectivity index (χ0) is 8.27. The Labute approximate surface area is 67.7 Å². The summed E-state index contributed by atoms with van der Waals surface area (Å²) in [4.78, 5) is 10.8. The van der Waals surface area contributed by atoms with E-state index in [0.717, 1.165) is 12.3 Å². The highest BCUT2D eigenvalue weighted by Gasteiger charge is 2.36. The minimum atomic E-state index is -0.0337. The Balaban J connectivity index is 2.13. The lowest BCUT2D eigenvalue weighted by molar-refractivity contribution is -0.116. The molecule has 0 saturated heterocycles. The summed E-state index contributed by atoms with van der Waals surface area (Å²) in [5, 5.41) is 2.88. The van der Waals surface area contributed by atoms with Gasteiger partial charge in [0.25, 0.3) is 0 Å². The molecule has 1 rings (SSSR count). The van der Waals surface area contributed by atoms with Gasteiger partial charge in [-0.1, -0.05) is 19.9 Å². The highest BCUT2D eigenvalue weighted by Crippen LogP contribution is 2.34. The van der Waals surface area contributed by atoms with E-state index in [2.05, 4.69) is 18.8 Å². The van der Waals surface area contributed by atoms with Gasteiger partial charge in [-0.25, -0.2) is 0 Å². The molecule has 1 aliphatic rings. The van der Waals surface area contributed by atoms with Gasteiger partial charge >= 0.3 is 0 Å². The lowest BCUT2D eigenvalue weighted by atomic mass is 10.2. The summed E-state index contributed by atoms with van der Waals surface area (Å²) in [6.07, 6.45) is 4.95. The Morgan fingerprint density at radius 3 is 3.09 bits per heavy atom. The molecule has 0 radical (unpaired) electrons. The topological polar surface area (TPSA) is 29.1 Å². The van der Waals surface area contributed by atoms with E-state index in [9.17, 15) is 4.79 Å². The van der Waals surface area contributed by atoms with Crippen molar-refractivity contribution in [3.8, 4) is 0 Å². The first kappa shape index (κ1) is 8.31. The van der Waals surface area contributed by atoms with E-state index >= 15 is 0 Å². The van der Waals surface area contributed by atoms with E-state index in [4.69, 9.17) is 0 Å². The molecule has 2 nitrogen and oxygen atoms in total. The predicted molar refractivity (Wildman–Crippen MR) is 45.1 cm³/mol. The lowest BCUT2D eigenvalue weighted by Gasteiger charge is -1.98. The van der Waals surface area contributed by atoms with Gasteiger partial charge in [0.15, 0.2) is 0 Å². The SMILES string of the molecule is C=CC(=O)NC1CC1CCC. The van der Waals surface area contributed by atoms with Gasteiger partial charge in [0.05, 0.1) is 0 Å². The molecule has 1 amide bonds. The van der Waals surface area contributed by atoms with Crippen molar-refractivity contribution in [2.75, 3.05) is 0 Å². The van der Waals surface area contributed by atoms with E-state index in [0.29, 0.717) is 6.04 Å². The zero-order valence-electron chi connectivity index (χ0n) is 6.97. The molecule has 0 aromatic rings. The summed E-state index contributed by atoms with van der Waals surface area (Å²) < 4.78 is 0. The molecule has 0 spiro atoms. The molecule has 11 heavy (non-hydrogen) atoms. The number of hydrogen-bond acceptors (Lipinski definition) is 1. The monoisotopic (exact) mass is 153 g/mol. The van der Waals surface area contributed by atoms with Gasteiger partial charge in [-0.2, -0.15) is 0 Å². The number of carbonyl (C=O) groups is 1. The Morgan fingerprint density at radius 2 is 2.55 bits per heavy atom. The lowest BCUT2D eigenvalue weighted by Crippen LogP contribution is -2.24. The standard InChI is InChI=1S/C9H15NO/c1-3-5-7-6-8(7)10-9(11)4-2/h4,7-8H,2-3,5-6H2,1H3,(H,10,11). The first-order chi connectivity index (χ1) is 5.27. The van der Waals surface area contributed by atoms with Crippen LogP contribution in [-0.2, 0) is 4.79 Å². The summed E-state index contributed by atoms with van der Waals surface area (Å²) >= 11 is 0. The Hall–Kier alpha value is -0.790. The van der Waals surface area contributed by atoms with Crippen molar-refractivity contribution in [1.29, 1.82) is 0 Å². The van der Waals surface area contributed by atoms with Crippen molar-refractivity contribution < 1.29 is 4.79 Å². The van der Waals surface area contributed by atoms with Crippen molar-refractivity contribution in [3.05, 3.63) is 12.7 Å². The van der Waals surface area contributed by atoms with E-state index in [1.807, 2.05) is 0 Å². The number of nitrogens with one attached hydrogen (secondary N) is 1. The maximum absolute atomic E-state index is 10.8. The van der Waals surface area contributed by atoms with Crippen LogP contribution in [0.2, 0.25) is 0 Å². The first-order valence-electron chi connectivity index (χ1n) is 4.20. The van der Waals surface area contributed by atoms with Gasteiger partial charge < -0.3 is 5.32 Å². The minimum absolute atomic E-state index is 0.0337. The molecule has 2 unspecified atom stereocenters. The molecular formula is C9H15NO. The van der Waals surface area contributed by atoms with E-state index < -0.39 is 0 Å². The Kier molecular flexibility index (Phi) is 2.69. The fourth-order valence-electron chi connectivity index (χ4n) is 1.36. The van der Waals surface area contributed by atoms with Crippen molar-refractivity contribution in [2.24, 2.45) is 5.92 Å². The fourth-order valence-corrected chi connectivity index (χ4v) is 1.36. The van der Waals surface area contributed by atoms with Crippen molar-refractivity contribution in [2.45, 2.75) is 32.2 Å². The van der Waals surface area contributed by atoms with Crippen LogP contribution in [0.4, 0.5) is 0 Å². The van der Waals surface area contributed by atoms with Crippen molar-refractivity contribution >= 4 is 5.91 Å². The third-order valence-electron chi connectivity index (χ3n) is 2.10. The van der Waals surface area contributed by atoms with Crippen molar-refractivity contribution in [1.82, 2.24) is 5.32 Å². The third kappa shape index (κ3) is 2.37. The molecule has 2 heteroatoms. The second kappa shape index (κ2) is 3.56. The maximum Gasteiger partial charge on any atom is 0.243 e. The molecule has 0 bridgehead atoms. The van der Waals surface area contributed by atoms with Crippen LogP contribution in [0.15, 0.2) is 12.7 Å². The van der Waals surface area contributed by atoms with Crippen LogP contribution in [-0.4, -0.2) is 11.9 Å². The van der Waals surface area contributed by atoms with Gasteiger partial charge in [0, 0.05) is 6.04 Å². The molecule has 62 valence electrons. The summed E-state index contributed by atoms with van der Waals surface area (Å²) in [5.41, 5.74) is 0. The summed E-state index contributed by atoms with van der Waals surface area (Å²) in [7, 11) is 0. The molecule has 0 aromatic heterocycles. The van der Waals surface area contributed by atoms with Crippen LogP contribution in [0.5, 0.6) is 0 Å². The molecule has 1 fully saturated rings. The van der Waals surface area contributed by atoms with Gasteiger partial charge in [-0.3, -0.25) is 4.79 Å². The van der Waals surface area contributed by atoms with E-state index in [-0.39, 0.29) is 5.91 Å². The number of carbonyl (C=O) groups excluding carboxylic acids is 1. The van der Waals surface area contributed by atoms with Crippen LogP contribution >= 0.6 is 0 Å². The Bertz CT molecular complexity index is 165. The first-order valence-corrected chi connectivity index (χ1v) is 4.20. The van der Waals surface area contributed by atoms with Gasteiger partial charge in [0.2, 0.25) is 5.91 Å². The van der Waals surface area contributed by atoms with E-state index in [1.54, 1.807) is 0 Å². The molecule has 0 heterocycles. The normalized spacial score (nSPS) is 27.7. The molecule has 2 atom stereocenters. The second-order valence-electron chi connectivity index (χ2n) is 3.10. The molecular weight excluding hydrogens is 138 g/mol. The van der Waals surface area contributed by atoms with Gasteiger partial charge in [0.1, 0.15) is 0 Å². The van der Waals surface area contributed by atoms with Crippen LogP contribution in [0, 0.1) is 5.92 Å². The number of hydrogen-bond donors (Lipinski definition) is 1. The second-order valence-corrected chi connectivity index (χ2v) is 3.10. The van der Waals surface area contributed by atoms with Crippen LogP contribution in [0.1, 0.15) is 26.2 Å². The summed E-state index contributed by atoms with van der Waals surface area (Å²) in [6, 6.07) is 0.445. The fraction of sp³-hybridized carbons (Fsp3) is 0.667. The molecule has 1 N–H and O–H groups in total. The molecule has 1 saturated carbocycles. The summed E-state index contributed by atoms with van der Waals surface area (Å²) in [5.74, 6) is 0.706. The van der Waals surface area contributed by atoms with Crippen LogP contribution in [0.3, 0.4) is 0 Å². The van der Waals surface area contributed by atoms with E-state index in [1.165, 1.54) is 18.9 Å². The molecule has 0 aliphatic heterocycles. The average molecular weight is 153 g/mol. The largest absolute Gasteiger partial charge is 0.350 e. The third-order valence-corrected chi connectivity index (χ3v) is 2.10. The van der Waals surface area contributed by atoms with Gasteiger partial charge in [-0.05, 0) is 24.8 Å². The highest BCUT2D eigenvalue weighted by atomic mass is 16.1. The smallest absolute Gasteiger partial charge is 0.243 e. The Morgan fingerprint density at radius 1 is 1.82 bits per heavy atom. The summed E-state index contributed by atoms with van der Waals surface area (Å²) in [6.45, 7) is 5.57. The highest BCUT2D eigenvalue weighted by molar-refractivity contribution is 5.87. The minimum Gasteiger partial charge on any atom is -0.350 e. The van der Waals surface area contributed by atoms with Crippen molar-refractivity contribution in [3.63, 3.8) is 0 Å². The average Bonchev–Trinajstić information content (AvgIpc) is 2.69.